The van der Waals surface area contributed by atoms with Gasteiger partial charge in [-0.3, -0.25) is 9.59 Å². The van der Waals surface area contributed by atoms with E-state index in [0.717, 1.165) is 10.6 Å². The van der Waals surface area contributed by atoms with Gasteiger partial charge in [0.15, 0.2) is 0 Å². The monoisotopic (exact) mass is 562 g/mol. The lowest BCUT2D eigenvalue weighted by Crippen LogP contribution is -2.11. The topological polar surface area (TPSA) is 78.4 Å². The number of aromatic hydroxyl groups is 1. The first-order valence-corrected chi connectivity index (χ1v) is 14.3. The van der Waals surface area contributed by atoms with Crippen molar-refractivity contribution < 1.29 is 14.7 Å². The van der Waals surface area contributed by atoms with Gasteiger partial charge < -0.3 is 15.7 Å². The third-order valence-corrected chi connectivity index (χ3v) is 4.56. The van der Waals surface area contributed by atoms with Gasteiger partial charge in [-0.25, -0.2) is 0 Å². The molecule has 0 atom stereocenters. The van der Waals surface area contributed by atoms with E-state index in [1.54, 1.807) is 54.6 Å². The van der Waals surface area contributed by atoms with Gasteiger partial charge >= 0.3 is 0 Å². The Morgan fingerprint density at radius 1 is 0.525 bits per heavy atom. The molecule has 0 aliphatic heterocycles. The van der Waals surface area contributed by atoms with Gasteiger partial charge in [0, 0.05) is 33.5 Å². The van der Waals surface area contributed by atoms with Gasteiger partial charge in [-0.05, 0) is 54.6 Å². The Kier molecular flexibility index (Phi) is 24.1. The summed E-state index contributed by atoms with van der Waals surface area (Å²) in [5, 5.41) is 14.8. The van der Waals surface area contributed by atoms with E-state index in [4.69, 9.17) is 0 Å². The van der Waals surface area contributed by atoms with Crippen LogP contribution in [0.2, 0.25) is 0 Å². The molecule has 0 unspecified atom stereocenters. The van der Waals surface area contributed by atoms with Crippen LogP contribution >= 0.6 is 12.6 Å². The number of nitrogens with one attached hydrogen (secondary N) is 2. The van der Waals surface area contributed by atoms with Gasteiger partial charge in [0.25, 0.3) is 11.8 Å². The van der Waals surface area contributed by atoms with Gasteiger partial charge in [-0.2, -0.15) is 0 Å². The van der Waals surface area contributed by atoms with E-state index in [1.165, 1.54) is 6.07 Å². The van der Waals surface area contributed by atoms with Crippen molar-refractivity contribution in [3.63, 3.8) is 0 Å². The van der Waals surface area contributed by atoms with E-state index < -0.39 is 0 Å². The Balaban J connectivity index is 0. The molecule has 0 saturated carbocycles. The summed E-state index contributed by atoms with van der Waals surface area (Å²) in [6.07, 6.45) is 0. The highest BCUT2D eigenvalue weighted by molar-refractivity contribution is 7.80. The third kappa shape index (κ3) is 16.0. The summed E-state index contributed by atoms with van der Waals surface area (Å²) < 4.78 is 0. The highest BCUT2D eigenvalue weighted by atomic mass is 32.1. The van der Waals surface area contributed by atoms with Crippen LogP contribution in [0, 0.1) is 0 Å². The maximum absolute atomic E-state index is 11.8. The van der Waals surface area contributed by atoms with Crippen LogP contribution in [0.4, 0.5) is 11.4 Å². The standard InChI is InChI=1S/C13H11NO2.C13H11NOS.4C2H6/c15-12-8-4-7-11(9-12)14-13(16)10-5-2-1-3-6-10;15-13(10-5-2-1-3-6-10)14-11-7-4-8-12(16)9-11;4*1-2/h1-9,15H,(H,14,16);1-9,16H,(H,14,15);4*1-2H3. The average molecular weight is 563 g/mol. The molecule has 0 aliphatic carbocycles. The minimum atomic E-state index is -0.189. The SMILES string of the molecule is CC.CC.CC.CC.O=C(Nc1cccc(O)c1)c1ccccc1.O=C(Nc1cccc(S)c1)c1ccccc1. The average Bonchev–Trinajstić information content (AvgIpc) is 3.02. The first-order valence-electron chi connectivity index (χ1n) is 13.8. The summed E-state index contributed by atoms with van der Waals surface area (Å²) in [4.78, 5) is 24.3. The zero-order chi connectivity index (χ0) is 30.8. The molecule has 0 aromatic heterocycles. The summed E-state index contributed by atoms with van der Waals surface area (Å²) in [5.41, 5.74) is 2.56. The smallest absolute Gasteiger partial charge is 0.255 e. The quantitative estimate of drug-likeness (QED) is 0.187. The van der Waals surface area contributed by atoms with Gasteiger partial charge in [0.2, 0.25) is 0 Å². The Labute approximate surface area is 247 Å². The molecule has 0 radical (unpaired) electrons. The highest BCUT2D eigenvalue weighted by Gasteiger charge is 2.05. The molecule has 0 fully saturated rings. The zero-order valence-electron chi connectivity index (χ0n) is 25.1. The summed E-state index contributed by atoms with van der Waals surface area (Å²) >= 11 is 4.21. The molecule has 0 aliphatic rings. The van der Waals surface area contributed by atoms with E-state index in [9.17, 15) is 14.7 Å². The summed E-state index contributed by atoms with van der Waals surface area (Å²) in [6.45, 7) is 16.0. The highest BCUT2D eigenvalue weighted by Crippen LogP contribution is 2.16. The Bertz CT molecular complexity index is 1090. The molecular weight excluding hydrogens is 516 g/mol. The maximum Gasteiger partial charge on any atom is 0.255 e. The number of hydrogen-bond donors (Lipinski definition) is 4. The Hall–Kier alpha value is -4.03. The lowest BCUT2D eigenvalue weighted by Gasteiger charge is -2.05. The van der Waals surface area contributed by atoms with Gasteiger partial charge in [0.05, 0.1) is 0 Å². The Morgan fingerprint density at radius 2 is 0.900 bits per heavy atom. The fourth-order valence-electron chi connectivity index (χ4n) is 2.75. The molecule has 216 valence electrons. The van der Waals surface area contributed by atoms with Crippen LogP contribution in [0.3, 0.4) is 0 Å². The summed E-state index contributed by atoms with van der Waals surface area (Å²) in [6, 6.07) is 31.8. The van der Waals surface area contributed by atoms with E-state index in [0.29, 0.717) is 16.8 Å². The molecule has 4 aromatic carbocycles. The van der Waals surface area contributed by atoms with Crippen molar-refractivity contribution in [1.29, 1.82) is 0 Å². The second kappa shape index (κ2) is 25.3. The van der Waals surface area contributed by atoms with E-state index >= 15 is 0 Å². The van der Waals surface area contributed by atoms with Crippen molar-refractivity contribution in [1.82, 2.24) is 0 Å². The molecule has 6 heteroatoms. The van der Waals surface area contributed by atoms with Crippen molar-refractivity contribution in [3.05, 3.63) is 120 Å². The van der Waals surface area contributed by atoms with E-state index in [2.05, 4.69) is 23.3 Å². The van der Waals surface area contributed by atoms with Crippen molar-refractivity contribution >= 4 is 35.8 Å². The van der Waals surface area contributed by atoms with Crippen molar-refractivity contribution in [3.8, 4) is 5.75 Å². The van der Waals surface area contributed by atoms with Gasteiger partial charge in [-0.15, -0.1) is 12.6 Å². The normalized spacial score (nSPS) is 8.43. The van der Waals surface area contributed by atoms with Crippen LogP contribution in [0.1, 0.15) is 76.1 Å². The first kappa shape index (κ1) is 38.1. The molecule has 40 heavy (non-hydrogen) atoms. The number of phenolic OH excluding ortho intramolecular Hbond substituents is 1. The van der Waals surface area contributed by atoms with Crippen molar-refractivity contribution in [2.75, 3.05) is 10.6 Å². The second-order valence-electron chi connectivity index (χ2n) is 6.74. The maximum atomic E-state index is 11.8. The third-order valence-electron chi connectivity index (χ3n) is 4.28. The minimum absolute atomic E-state index is 0.112. The number of hydrogen-bond acceptors (Lipinski definition) is 4. The van der Waals surface area contributed by atoms with Crippen LogP contribution in [-0.2, 0) is 0 Å². The molecule has 0 saturated heterocycles. The van der Waals surface area contributed by atoms with Crippen molar-refractivity contribution in [2.45, 2.75) is 60.3 Å². The van der Waals surface area contributed by atoms with Gasteiger partial charge in [0.1, 0.15) is 5.75 Å². The molecular formula is C34H46N2O3S. The predicted octanol–water partition coefficient (Wildman–Crippen LogP) is 9.98. The first-order chi connectivity index (χ1) is 19.5. The number of benzene rings is 4. The van der Waals surface area contributed by atoms with Crippen LogP contribution in [0.5, 0.6) is 5.75 Å². The van der Waals surface area contributed by atoms with Crippen LogP contribution < -0.4 is 10.6 Å². The predicted molar refractivity (Wildman–Crippen MR) is 176 cm³/mol. The lowest BCUT2D eigenvalue weighted by molar-refractivity contribution is 0.101. The number of anilines is 2. The fraction of sp³-hybridized carbons (Fsp3) is 0.235. The summed E-state index contributed by atoms with van der Waals surface area (Å²) in [5.74, 6) is -0.170. The number of amides is 2. The minimum Gasteiger partial charge on any atom is -0.508 e. The molecule has 0 bridgehead atoms. The van der Waals surface area contributed by atoms with Crippen LogP contribution in [0.15, 0.2) is 114 Å². The van der Waals surface area contributed by atoms with Crippen LogP contribution in [-0.4, -0.2) is 16.9 Å². The number of carbonyl (C=O) groups is 2. The number of thiol groups is 1. The fourth-order valence-corrected chi connectivity index (χ4v) is 2.98. The molecule has 2 amide bonds. The number of carbonyl (C=O) groups excluding carboxylic acids is 2. The number of rotatable bonds is 4. The molecule has 5 nitrogen and oxygen atoms in total. The lowest BCUT2D eigenvalue weighted by atomic mass is 10.2. The Morgan fingerprint density at radius 3 is 1.27 bits per heavy atom. The number of phenols is 1. The second-order valence-corrected chi connectivity index (χ2v) is 7.26. The summed E-state index contributed by atoms with van der Waals surface area (Å²) in [7, 11) is 0. The van der Waals surface area contributed by atoms with E-state index in [1.807, 2.05) is 104 Å². The largest absolute Gasteiger partial charge is 0.508 e. The molecule has 4 rings (SSSR count). The molecule has 4 aromatic rings. The molecule has 0 spiro atoms. The van der Waals surface area contributed by atoms with Crippen molar-refractivity contribution in [2.24, 2.45) is 0 Å². The van der Waals surface area contributed by atoms with Crippen LogP contribution in [0.25, 0.3) is 0 Å². The molecule has 0 heterocycles. The zero-order valence-corrected chi connectivity index (χ0v) is 26.0. The van der Waals surface area contributed by atoms with Gasteiger partial charge in [-0.1, -0.05) is 104 Å². The van der Waals surface area contributed by atoms with E-state index in [-0.39, 0.29) is 17.6 Å². The molecule has 3 N–H and O–H groups in total.